The van der Waals surface area contributed by atoms with Gasteiger partial charge in [-0.1, -0.05) is 6.92 Å². The summed E-state index contributed by atoms with van der Waals surface area (Å²) in [5, 5.41) is 0. The van der Waals surface area contributed by atoms with Crippen LogP contribution in [-0.4, -0.2) is 4.98 Å². The minimum Gasteiger partial charge on any atom is -0.448 e. The third-order valence-electron chi connectivity index (χ3n) is 1.31. The Morgan fingerprint density at radius 3 is 2.58 bits per heavy atom. The van der Waals surface area contributed by atoms with Crippen LogP contribution in [0.2, 0.25) is 0 Å². The molecule has 0 aliphatic heterocycles. The first-order chi connectivity index (χ1) is 5.54. The maximum absolute atomic E-state index is 11.9. The van der Waals surface area contributed by atoms with Crippen molar-refractivity contribution in [3.8, 4) is 0 Å². The van der Waals surface area contributed by atoms with Crippen molar-refractivity contribution in [2.24, 2.45) is 0 Å². The summed E-state index contributed by atoms with van der Waals surface area (Å²) in [4.78, 5) is 3.28. The topological polar surface area (TPSA) is 26.0 Å². The fourth-order valence-electron chi connectivity index (χ4n) is 0.770. The molecule has 0 radical (unpaired) electrons. The number of oxazole rings is 1. The molecule has 0 aliphatic carbocycles. The number of aryl methyl sites for hydroxylation is 1. The lowest BCUT2D eigenvalue weighted by Crippen LogP contribution is -2.05. The number of hydrogen-bond acceptors (Lipinski definition) is 2. The molecule has 2 nitrogen and oxygen atoms in total. The van der Waals surface area contributed by atoms with Gasteiger partial charge in [-0.15, -0.1) is 0 Å². The van der Waals surface area contributed by atoms with Crippen LogP contribution in [0.5, 0.6) is 0 Å². The molecule has 0 amide bonds. The molecule has 0 aliphatic rings. The molecule has 0 fully saturated rings. The van der Waals surface area contributed by atoms with Crippen LogP contribution in [0.3, 0.4) is 0 Å². The van der Waals surface area contributed by atoms with Crippen molar-refractivity contribution in [3.63, 3.8) is 0 Å². The second-order valence-corrected chi connectivity index (χ2v) is 2.37. The van der Waals surface area contributed by atoms with Gasteiger partial charge in [-0.25, -0.2) is 4.98 Å². The van der Waals surface area contributed by atoms with Crippen LogP contribution in [0.1, 0.15) is 24.9 Å². The predicted octanol–water partition coefficient (Wildman–Crippen LogP) is 2.65. The van der Waals surface area contributed by atoms with E-state index in [4.69, 9.17) is 0 Å². The Kier molecular flexibility index (Phi) is 2.40. The zero-order chi connectivity index (χ0) is 9.19. The van der Waals surface area contributed by atoms with Gasteiger partial charge in [0, 0.05) is 6.42 Å². The molecule has 12 heavy (non-hydrogen) atoms. The van der Waals surface area contributed by atoms with Gasteiger partial charge in [-0.2, -0.15) is 13.2 Å². The maximum atomic E-state index is 11.9. The lowest BCUT2D eigenvalue weighted by Gasteiger charge is -1.97. The van der Waals surface area contributed by atoms with Crippen LogP contribution in [0, 0.1) is 0 Å². The monoisotopic (exact) mass is 179 g/mol. The van der Waals surface area contributed by atoms with E-state index in [-0.39, 0.29) is 5.89 Å². The first kappa shape index (κ1) is 9.09. The van der Waals surface area contributed by atoms with Crippen LogP contribution in [0.15, 0.2) is 10.7 Å². The summed E-state index contributed by atoms with van der Waals surface area (Å²) in [7, 11) is 0. The van der Waals surface area contributed by atoms with E-state index in [1.54, 1.807) is 0 Å². The van der Waals surface area contributed by atoms with Gasteiger partial charge in [-0.3, -0.25) is 0 Å². The molecule has 0 saturated carbocycles. The molecule has 1 rings (SSSR count). The van der Waals surface area contributed by atoms with E-state index in [9.17, 15) is 13.2 Å². The van der Waals surface area contributed by atoms with Crippen molar-refractivity contribution < 1.29 is 17.6 Å². The Hall–Kier alpha value is -1.00. The molecule has 0 atom stereocenters. The Labute approximate surface area is 67.4 Å². The van der Waals surface area contributed by atoms with E-state index >= 15 is 0 Å². The highest BCUT2D eigenvalue weighted by Gasteiger charge is 2.34. The van der Waals surface area contributed by atoms with Gasteiger partial charge >= 0.3 is 6.18 Å². The Morgan fingerprint density at radius 2 is 2.17 bits per heavy atom. The molecule has 0 N–H and O–H groups in total. The van der Waals surface area contributed by atoms with Crippen LogP contribution in [0.25, 0.3) is 0 Å². The minimum atomic E-state index is -4.39. The van der Waals surface area contributed by atoms with Crippen LogP contribution in [0.4, 0.5) is 13.2 Å². The average molecular weight is 179 g/mol. The van der Waals surface area contributed by atoms with E-state index in [1.807, 2.05) is 6.92 Å². The van der Waals surface area contributed by atoms with Crippen LogP contribution >= 0.6 is 0 Å². The summed E-state index contributed by atoms with van der Waals surface area (Å²) in [6.45, 7) is 1.84. The summed E-state index contributed by atoms with van der Waals surface area (Å²) in [6, 6.07) is 0. The van der Waals surface area contributed by atoms with Crippen LogP contribution in [-0.2, 0) is 12.6 Å². The van der Waals surface area contributed by atoms with Crippen molar-refractivity contribution in [2.75, 3.05) is 0 Å². The van der Waals surface area contributed by atoms with Gasteiger partial charge in [0.05, 0.1) is 0 Å². The lowest BCUT2D eigenvalue weighted by molar-refractivity contribution is -0.141. The summed E-state index contributed by atoms with van der Waals surface area (Å²) >= 11 is 0. The fraction of sp³-hybridized carbons (Fsp3) is 0.571. The zero-order valence-corrected chi connectivity index (χ0v) is 6.48. The van der Waals surface area contributed by atoms with Crippen molar-refractivity contribution in [1.29, 1.82) is 0 Å². The highest BCUT2D eigenvalue weighted by Crippen LogP contribution is 2.28. The van der Waals surface area contributed by atoms with Crippen molar-refractivity contribution in [2.45, 2.75) is 25.9 Å². The quantitative estimate of drug-likeness (QED) is 0.697. The molecule has 0 bridgehead atoms. The second kappa shape index (κ2) is 3.16. The van der Waals surface area contributed by atoms with E-state index in [0.29, 0.717) is 12.7 Å². The summed E-state index contributed by atoms with van der Waals surface area (Å²) in [5.41, 5.74) is -0.953. The van der Waals surface area contributed by atoms with Crippen molar-refractivity contribution in [1.82, 2.24) is 4.98 Å². The van der Waals surface area contributed by atoms with Crippen LogP contribution < -0.4 is 0 Å². The van der Waals surface area contributed by atoms with Gasteiger partial charge < -0.3 is 4.42 Å². The first-order valence-electron chi connectivity index (χ1n) is 3.55. The fourth-order valence-corrected chi connectivity index (χ4v) is 0.770. The van der Waals surface area contributed by atoms with E-state index in [0.717, 1.165) is 6.42 Å². The maximum Gasteiger partial charge on any atom is 0.436 e. The summed E-state index contributed by atoms with van der Waals surface area (Å²) in [5.74, 6) is 0.143. The molecular weight excluding hydrogens is 171 g/mol. The first-order valence-corrected chi connectivity index (χ1v) is 3.55. The number of alkyl halides is 3. The zero-order valence-electron chi connectivity index (χ0n) is 6.48. The number of halogens is 3. The van der Waals surface area contributed by atoms with E-state index < -0.39 is 11.9 Å². The number of hydrogen-bond donors (Lipinski definition) is 0. The minimum absolute atomic E-state index is 0.143. The molecule has 0 spiro atoms. The number of rotatable bonds is 2. The lowest BCUT2D eigenvalue weighted by atomic mass is 10.3. The molecule has 0 unspecified atom stereocenters. The Bertz CT molecular complexity index is 253. The highest BCUT2D eigenvalue weighted by atomic mass is 19.4. The molecule has 1 heterocycles. The number of aromatic nitrogens is 1. The van der Waals surface area contributed by atoms with Gasteiger partial charge in [0.25, 0.3) is 0 Å². The Balaban J connectivity index is 2.77. The molecule has 68 valence electrons. The molecule has 5 heteroatoms. The summed E-state index contributed by atoms with van der Waals surface area (Å²) in [6.07, 6.45) is -2.59. The average Bonchev–Trinajstić information content (AvgIpc) is 2.35. The van der Waals surface area contributed by atoms with E-state index in [1.165, 1.54) is 0 Å². The van der Waals surface area contributed by atoms with Gasteiger partial charge in [0.1, 0.15) is 6.26 Å². The van der Waals surface area contributed by atoms with Gasteiger partial charge in [0.2, 0.25) is 0 Å². The third-order valence-corrected chi connectivity index (χ3v) is 1.31. The molecular formula is C7H8F3NO. The SMILES string of the molecule is CCCc1nc(C(F)(F)F)co1. The second-order valence-electron chi connectivity index (χ2n) is 2.37. The molecule has 0 aromatic carbocycles. The molecule has 1 aromatic heterocycles. The predicted molar refractivity (Wildman–Crippen MR) is 35.5 cm³/mol. The Morgan fingerprint density at radius 1 is 1.50 bits per heavy atom. The standard InChI is InChI=1S/C7H8F3NO/c1-2-3-6-11-5(4-12-6)7(8,9)10/h4H,2-3H2,1H3. The smallest absolute Gasteiger partial charge is 0.436 e. The van der Waals surface area contributed by atoms with Gasteiger partial charge in [0.15, 0.2) is 11.6 Å². The van der Waals surface area contributed by atoms with E-state index in [2.05, 4.69) is 9.40 Å². The molecule has 0 saturated heterocycles. The van der Waals surface area contributed by atoms with Crippen molar-refractivity contribution in [3.05, 3.63) is 17.8 Å². The summed E-state index contributed by atoms with van der Waals surface area (Å²) < 4.78 is 40.4. The highest BCUT2D eigenvalue weighted by molar-refractivity contribution is 5.00. The largest absolute Gasteiger partial charge is 0.448 e. The normalized spacial score (nSPS) is 12.0. The number of nitrogens with zero attached hydrogens (tertiary/aromatic N) is 1. The third kappa shape index (κ3) is 1.99. The molecule has 1 aromatic rings. The van der Waals surface area contributed by atoms with Crippen molar-refractivity contribution >= 4 is 0 Å². The van der Waals surface area contributed by atoms with Gasteiger partial charge in [-0.05, 0) is 6.42 Å².